The minimum Gasteiger partial charge on any atom is -0.508 e. The molecule has 0 radical (unpaired) electrons. The number of aromatic hydroxyl groups is 1. The maximum Gasteiger partial charge on any atom is 0.115 e. The summed E-state index contributed by atoms with van der Waals surface area (Å²) < 4.78 is 5.77. The molecule has 21 heavy (non-hydrogen) atoms. The molecule has 0 amide bonds. The van der Waals surface area contributed by atoms with Crippen LogP contribution in [0.5, 0.6) is 5.75 Å². The number of nitrogens with zero attached hydrogens (tertiary/aromatic N) is 1. The molecule has 1 aromatic rings. The quantitative estimate of drug-likeness (QED) is 0.927. The van der Waals surface area contributed by atoms with Crippen molar-refractivity contribution in [2.24, 2.45) is 5.92 Å². The molecule has 2 heterocycles. The van der Waals surface area contributed by atoms with Gasteiger partial charge in [0, 0.05) is 19.7 Å². The molecule has 3 atom stereocenters. The monoisotopic (exact) mass is 289 g/mol. The van der Waals surface area contributed by atoms with E-state index in [0.717, 1.165) is 32.7 Å². The van der Waals surface area contributed by atoms with Crippen LogP contribution < -0.4 is 0 Å². The van der Waals surface area contributed by atoms with Crippen molar-refractivity contribution in [3.8, 4) is 5.75 Å². The summed E-state index contributed by atoms with van der Waals surface area (Å²) in [7, 11) is 0. The van der Waals surface area contributed by atoms with E-state index in [-0.39, 0.29) is 5.41 Å². The van der Waals surface area contributed by atoms with Gasteiger partial charge in [0.25, 0.3) is 0 Å². The molecule has 116 valence electrons. The maximum atomic E-state index is 9.76. The molecule has 1 unspecified atom stereocenters. The van der Waals surface area contributed by atoms with Crippen molar-refractivity contribution in [1.82, 2.24) is 4.90 Å². The first-order valence-electron chi connectivity index (χ1n) is 8.21. The van der Waals surface area contributed by atoms with Crippen LogP contribution in [0.25, 0.3) is 0 Å². The Morgan fingerprint density at radius 1 is 1.43 bits per heavy atom. The van der Waals surface area contributed by atoms with E-state index in [1.54, 1.807) is 6.07 Å². The van der Waals surface area contributed by atoms with Gasteiger partial charge in [0.2, 0.25) is 0 Å². The van der Waals surface area contributed by atoms with Crippen LogP contribution in [-0.4, -0.2) is 42.4 Å². The van der Waals surface area contributed by atoms with Crippen LogP contribution in [0.4, 0.5) is 0 Å². The summed E-state index contributed by atoms with van der Waals surface area (Å²) in [6.07, 6.45) is 4.02. The van der Waals surface area contributed by atoms with Crippen LogP contribution in [0.3, 0.4) is 0 Å². The van der Waals surface area contributed by atoms with Crippen LogP contribution in [0.2, 0.25) is 0 Å². The van der Waals surface area contributed by atoms with Crippen molar-refractivity contribution in [3.63, 3.8) is 0 Å². The van der Waals surface area contributed by atoms with Gasteiger partial charge in [-0.1, -0.05) is 26.0 Å². The molecular weight excluding hydrogens is 262 g/mol. The van der Waals surface area contributed by atoms with Crippen LogP contribution in [0, 0.1) is 5.92 Å². The lowest BCUT2D eigenvalue weighted by atomic mass is 9.68. The lowest BCUT2D eigenvalue weighted by Crippen LogP contribution is -2.49. The predicted octanol–water partition coefficient (Wildman–Crippen LogP) is 3.17. The molecule has 1 N–H and O–H groups in total. The normalized spacial score (nSPS) is 34.2. The fraction of sp³-hybridized carbons (Fsp3) is 0.667. The minimum absolute atomic E-state index is 0.159. The number of rotatable bonds is 3. The molecule has 3 rings (SSSR count). The third-order valence-electron chi connectivity index (χ3n) is 5.56. The summed E-state index contributed by atoms with van der Waals surface area (Å²) in [6.45, 7) is 8.94. The molecule has 2 fully saturated rings. The van der Waals surface area contributed by atoms with Gasteiger partial charge in [-0.15, -0.1) is 0 Å². The summed E-state index contributed by atoms with van der Waals surface area (Å²) >= 11 is 0. The second kappa shape index (κ2) is 5.98. The Bertz CT molecular complexity index is 484. The number of benzene rings is 1. The van der Waals surface area contributed by atoms with E-state index in [1.807, 2.05) is 12.1 Å². The van der Waals surface area contributed by atoms with Crippen LogP contribution >= 0.6 is 0 Å². The molecule has 2 aliphatic heterocycles. The van der Waals surface area contributed by atoms with Gasteiger partial charge in [-0.05, 0) is 54.8 Å². The third-order valence-corrected chi connectivity index (χ3v) is 5.56. The van der Waals surface area contributed by atoms with E-state index >= 15 is 0 Å². The SMILES string of the molecule is C[C@@H]1CN(CC2CCCO2)CC[C@]1(C)c1cccc(O)c1. The lowest BCUT2D eigenvalue weighted by molar-refractivity contribution is 0.0400. The summed E-state index contributed by atoms with van der Waals surface area (Å²) in [6, 6.07) is 7.81. The topological polar surface area (TPSA) is 32.7 Å². The first kappa shape index (κ1) is 14.9. The number of hydrogen-bond acceptors (Lipinski definition) is 3. The molecular formula is C18H27NO2. The number of phenols is 1. The first-order valence-corrected chi connectivity index (χ1v) is 8.21. The zero-order chi connectivity index (χ0) is 14.9. The molecule has 3 heteroatoms. The minimum atomic E-state index is 0.159. The molecule has 0 aromatic heterocycles. The zero-order valence-corrected chi connectivity index (χ0v) is 13.2. The third kappa shape index (κ3) is 3.09. The number of phenolic OH excluding ortho intramolecular Hbond substituents is 1. The van der Waals surface area contributed by atoms with Gasteiger partial charge >= 0.3 is 0 Å². The number of hydrogen-bond donors (Lipinski definition) is 1. The Labute approximate surface area is 127 Å². The number of likely N-dealkylation sites (tertiary alicyclic amines) is 1. The average molecular weight is 289 g/mol. The van der Waals surface area contributed by atoms with Gasteiger partial charge in [0.15, 0.2) is 0 Å². The Kier molecular flexibility index (Phi) is 4.23. The summed E-state index contributed by atoms with van der Waals surface area (Å²) in [5.74, 6) is 0.956. The van der Waals surface area contributed by atoms with Gasteiger partial charge in [-0.3, -0.25) is 0 Å². The number of piperidine rings is 1. The zero-order valence-electron chi connectivity index (χ0n) is 13.2. The fourth-order valence-corrected chi connectivity index (χ4v) is 3.85. The molecule has 0 saturated carbocycles. The second-order valence-corrected chi connectivity index (χ2v) is 7.01. The standard InChI is InChI=1S/C18H27NO2/c1-14-12-19(13-17-7-4-10-21-17)9-8-18(14,2)15-5-3-6-16(20)11-15/h3,5-6,11,14,17,20H,4,7-10,12-13H2,1-2H3/t14-,17?,18+/m1/s1. The van der Waals surface area contributed by atoms with E-state index < -0.39 is 0 Å². The number of ether oxygens (including phenoxy) is 1. The van der Waals surface area contributed by atoms with Crippen LogP contribution in [0.15, 0.2) is 24.3 Å². The van der Waals surface area contributed by atoms with E-state index in [2.05, 4.69) is 24.8 Å². The molecule has 0 spiro atoms. The van der Waals surface area contributed by atoms with E-state index in [9.17, 15) is 5.11 Å². The molecule has 0 bridgehead atoms. The average Bonchev–Trinajstić information content (AvgIpc) is 2.96. The highest BCUT2D eigenvalue weighted by atomic mass is 16.5. The van der Waals surface area contributed by atoms with E-state index in [4.69, 9.17) is 4.74 Å². The van der Waals surface area contributed by atoms with Crippen LogP contribution in [0.1, 0.15) is 38.7 Å². The predicted molar refractivity (Wildman–Crippen MR) is 84.7 cm³/mol. The van der Waals surface area contributed by atoms with Crippen molar-refractivity contribution < 1.29 is 9.84 Å². The largest absolute Gasteiger partial charge is 0.508 e. The Morgan fingerprint density at radius 2 is 2.29 bits per heavy atom. The van der Waals surface area contributed by atoms with Crippen molar-refractivity contribution >= 4 is 0 Å². The highest BCUT2D eigenvalue weighted by Gasteiger charge is 2.38. The van der Waals surface area contributed by atoms with Gasteiger partial charge in [-0.25, -0.2) is 0 Å². The summed E-state index contributed by atoms with van der Waals surface area (Å²) in [5, 5.41) is 9.76. The Hall–Kier alpha value is -1.06. The van der Waals surface area contributed by atoms with Gasteiger partial charge in [0.05, 0.1) is 6.10 Å². The molecule has 1 aromatic carbocycles. The van der Waals surface area contributed by atoms with Crippen molar-refractivity contribution in [3.05, 3.63) is 29.8 Å². The summed E-state index contributed by atoms with van der Waals surface area (Å²) in [4.78, 5) is 2.56. The maximum absolute atomic E-state index is 9.76. The molecule has 2 aliphatic rings. The summed E-state index contributed by atoms with van der Waals surface area (Å²) in [5.41, 5.74) is 1.43. The first-order chi connectivity index (χ1) is 10.1. The van der Waals surface area contributed by atoms with Gasteiger partial charge in [0.1, 0.15) is 5.75 Å². The fourth-order valence-electron chi connectivity index (χ4n) is 3.85. The smallest absolute Gasteiger partial charge is 0.115 e. The molecule has 2 saturated heterocycles. The van der Waals surface area contributed by atoms with Gasteiger partial charge in [-0.2, -0.15) is 0 Å². The van der Waals surface area contributed by atoms with Crippen molar-refractivity contribution in [2.45, 2.75) is 44.6 Å². The Morgan fingerprint density at radius 3 is 2.95 bits per heavy atom. The van der Waals surface area contributed by atoms with Crippen molar-refractivity contribution in [1.29, 1.82) is 0 Å². The van der Waals surface area contributed by atoms with E-state index in [0.29, 0.717) is 17.8 Å². The van der Waals surface area contributed by atoms with E-state index in [1.165, 1.54) is 18.4 Å². The van der Waals surface area contributed by atoms with Crippen molar-refractivity contribution in [2.75, 3.05) is 26.2 Å². The van der Waals surface area contributed by atoms with Gasteiger partial charge < -0.3 is 14.7 Å². The lowest BCUT2D eigenvalue weighted by Gasteiger charge is -2.45. The highest BCUT2D eigenvalue weighted by Crippen LogP contribution is 2.40. The molecule has 3 nitrogen and oxygen atoms in total. The van der Waals surface area contributed by atoms with Crippen LogP contribution in [-0.2, 0) is 10.2 Å². The second-order valence-electron chi connectivity index (χ2n) is 7.01. The highest BCUT2D eigenvalue weighted by molar-refractivity contribution is 5.33. The Balaban J connectivity index is 1.67. The molecule has 0 aliphatic carbocycles.